The number of carboxylic acids is 1. The van der Waals surface area contributed by atoms with Crippen molar-refractivity contribution in [3.05, 3.63) is 136 Å². The van der Waals surface area contributed by atoms with Crippen LogP contribution in [0.5, 0.6) is 0 Å². The van der Waals surface area contributed by atoms with Crippen LogP contribution in [0.15, 0.2) is 90.7 Å². The summed E-state index contributed by atoms with van der Waals surface area (Å²) in [5.74, 6) is -2.94. The Hall–Kier alpha value is -6.12. The predicted molar refractivity (Wildman–Crippen MR) is 359 cm³/mol. The number of primary amides is 3. The number of ether oxygens (including phenoxy) is 2. The molecule has 8 unspecified atom stereocenters. The molecule has 17 N–H and O–H groups in total. The number of carboxylic acid groups (broad SMARTS) is 1. The van der Waals surface area contributed by atoms with Crippen LogP contribution in [0.3, 0.4) is 0 Å². The molecule has 4 heterocycles. The molecule has 0 spiro atoms. The standard InChI is InChI=1S/C18H22BrN3O3.C18H21BrN2O4.2C13H14BrN3O.2ClH/c1-18(2,3)25-17(24)22-14-7-9(16(20)23)6-12-11-8-10(19)4-5-13(11)21-15(12)14;1-18(2,3)25-17(24)21-14-7-9(16(22)23)6-12-11-8-10(19)4-5-13(11)20-15(12)14;2*14-7-1-2-11-8(5-7)9-3-6(13(16)18)4-10(15)12(9)17-11;;/h4-5,8-9,14,21H,6-7H2,1-3H3,(H2,20,23)(H,22,24);4-5,8-9,14,20H,6-7H2,1-3H3,(H,21,24)(H,22,23);2*1-2,5-6,10,17H,3-4,15H2,(H2,16,18);2*1H. The molecule has 472 valence electrons. The van der Waals surface area contributed by atoms with Gasteiger partial charge in [0.25, 0.3) is 0 Å². The number of nitrogens with two attached hydrogens (primary N) is 5. The molecule has 4 aromatic heterocycles. The van der Waals surface area contributed by atoms with Gasteiger partial charge in [0.05, 0.1) is 18.0 Å². The third-order valence-corrected chi connectivity index (χ3v) is 17.9. The van der Waals surface area contributed by atoms with Gasteiger partial charge < -0.3 is 73.8 Å². The van der Waals surface area contributed by atoms with Crippen LogP contribution in [0.25, 0.3) is 43.6 Å². The summed E-state index contributed by atoms with van der Waals surface area (Å²) in [7, 11) is 0. The predicted octanol–water partition coefficient (Wildman–Crippen LogP) is 12.5. The maximum Gasteiger partial charge on any atom is 0.408 e. The monoisotopic (exact) mass is 1500 g/mol. The van der Waals surface area contributed by atoms with Crippen molar-refractivity contribution in [1.82, 2.24) is 30.6 Å². The average molecular weight is 1510 g/mol. The van der Waals surface area contributed by atoms with Gasteiger partial charge >= 0.3 is 18.2 Å². The van der Waals surface area contributed by atoms with Gasteiger partial charge in [-0.2, -0.15) is 0 Å². The zero-order chi connectivity index (χ0) is 62.4. The van der Waals surface area contributed by atoms with E-state index in [4.69, 9.17) is 38.1 Å². The van der Waals surface area contributed by atoms with Crippen LogP contribution in [0.2, 0.25) is 0 Å². The molecule has 5 amide bonds. The Bertz CT molecular complexity index is 3710. The summed E-state index contributed by atoms with van der Waals surface area (Å²) in [5, 5.41) is 19.5. The minimum absolute atomic E-state index is 0. The third kappa shape index (κ3) is 16.1. The van der Waals surface area contributed by atoms with Gasteiger partial charge in [0.2, 0.25) is 17.7 Å². The number of nitrogens with one attached hydrogen (secondary N) is 6. The van der Waals surface area contributed by atoms with E-state index in [1.165, 1.54) is 0 Å². The molecular formula is C62H73Br4Cl2N11O9. The van der Waals surface area contributed by atoms with Gasteiger partial charge in [-0.05, 0) is 188 Å². The summed E-state index contributed by atoms with van der Waals surface area (Å²) in [6.07, 6.45) is 3.32. The number of carbonyl (C=O) groups excluding carboxylic acids is 5. The summed E-state index contributed by atoms with van der Waals surface area (Å²) in [4.78, 5) is 84.0. The fourth-order valence-electron chi connectivity index (χ4n) is 12.0. The van der Waals surface area contributed by atoms with Gasteiger partial charge in [0.15, 0.2) is 0 Å². The van der Waals surface area contributed by atoms with E-state index in [1.54, 1.807) is 20.8 Å². The lowest BCUT2D eigenvalue weighted by atomic mass is 9.83. The third-order valence-electron chi connectivity index (χ3n) is 15.9. The number of hydrogen-bond acceptors (Lipinski definition) is 10. The molecule has 26 heteroatoms. The van der Waals surface area contributed by atoms with Crippen LogP contribution < -0.4 is 39.3 Å². The Morgan fingerprint density at radius 2 is 0.716 bits per heavy atom. The number of halogens is 6. The van der Waals surface area contributed by atoms with Crippen LogP contribution in [0, 0.1) is 23.7 Å². The second-order valence-corrected chi connectivity index (χ2v) is 28.2. The summed E-state index contributed by atoms with van der Waals surface area (Å²) < 4.78 is 14.6. The second kappa shape index (κ2) is 28.0. The zero-order valence-corrected chi connectivity index (χ0v) is 57.1. The van der Waals surface area contributed by atoms with Crippen molar-refractivity contribution in [2.45, 2.75) is 128 Å². The molecule has 4 aliphatic carbocycles. The molecule has 0 bridgehead atoms. The largest absolute Gasteiger partial charge is 0.481 e. The Morgan fingerprint density at radius 1 is 0.455 bits per heavy atom. The maximum atomic E-state index is 12.2. The molecule has 0 radical (unpaired) electrons. The molecule has 4 aliphatic rings. The molecule has 0 aliphatic heterocycles. The van der Waals surface area contributed by atoms with Crippen molar-refractivity contribution in [3.63, 3.8) is 0 Å². The van der Waals surface area contributed by atoms with E-state index in [1.807, 2.05) is 81.4 Å². The molecule has 8 aromatic rings. The first kappa shape index (κ1) is 69.4. The minimum atomic E-state index is -0.856. The van der Waals surface area contributed by atoms with Crippen LogP contribution in [-0.4, -0.2) is 72.1 Å². The molecule has 8 atom stereocenters. The lowest BCUT2D eigenvalue weighted by Crippen LogP contribution is -2.40. The molecule has 20 nitrogen and oxygen atoms in total. The highest BCUT2D eigenvalue weighted by Gasteiger charge is 2.38. The number of benzene rings is 4. The van der Waals surface area contributed by atoms with Crippen molar-refractivity contribution in [3.8, 4) is 0 Å². The minimum Gasteiger partial charge on any atom is -0.481 e. The molecular weight excluding hydrogens is 1430 g/mol. The SMILES string of the molecule is CC(C)(C)OC(=O)NC1CC(C(=O)O)Cc2c1[nH]c1ccc(Br)cc21.CC(C)(C)OC(=O)NC1CC(C(N)=O)Cc2c1[nH]c1ccc(Br)cc21.Cl.Cl.NC(=O)C1Cc2c([nH]c3ccc(Br)cc23)C(N)C1.NC(=O)C1Cc2c([nH]c3ccc(Br)cc23)C(N)C1. The molecule has 0 saturated heterocycles. The van der Waals surface area contributed by atoms with Crippen LogP contribution >= 0.6 is 88.5 Å². The number of hydrogen-bond donors (Lipinski definition) is 12. The van der Waals surface area contributed by atoms with E-state index < -0.39 is 41.3 Å². The molecule has 88 heavy (non-hydrogen) atoms. The first-order chi connectivity index (χ1) is 40.4. The van der Waals surface area contributed by atoms with Gasteiger partial charge in [-0.25, -0.2) is 9.59 Å². The number of aromatic amines is 4. The molecule has 4 aromatic carbocycles. The van der Waals surface area contributed by atoms with Crippen molar-refractivity contribution >= 4 is 168 Å². The second-order valence-electron chi connectivity index (χ2n) is 24.5. The fraction of sp³-hybridized carbons (Fsp3) is 0.387. The van der Waals surface area contributed by atoms with E-state index in [0.29, 0.717) is 51.4 Å². The number of aliphatic carboxylic acids is 1. The highest BCUT2D eigenvalue weighted by atomic mass is 79.9. The van der Waals surface area contributed by atoms with Gasteiger partial charge in [-0.1, -0.05) is 63.7 Å². The van der Waals surface area contributed by atoms with E-state index in [-0.39, 0.29) is 78.4 Å². The van der Waals surface area contributed by atoms with E-state index in [0.717, 1.165) is 107 Å². The Labute approximate surface area is 554 Å². The summed E-state index contributed by atoms with van der Waals surface area (Å²) >= 11 is 13.9. The lowest BCUT2D eigenvalue weighted by Gasteiger charge is -2.29. The summed E-state index contributed by atoms with van der Waals surface area (Å²) in [5.41, 5.74) is 39.5. The van der Waals surface area contributed by atoms with Gasteiger partial charge in [-0.15, -0.1) is 24.8 Å². The van der Waals surface area contributed by atoms with Gasteiger partial charge in [0, 0.05) is 114 Å². The van der Waals surface area contributed by atoms with E-state index in [9.17, 15) is 33.9 Å². The zero-order valence-electron chi connectivity index (χ0n) is 49.1. The van der Waals surface area contributed by atoms with Crippen LogP contribution in [0.4, 0.5) is 9.59 Å². The maximum absolute atomic E-state index is 12.2. The lowest BCUT2D eigenvalue weighted by molar-refractivity contribution is -0.142. The molecule has 0 saturated carbocycles. The Morgan fingerprint density at radius 3 is 1.00 bits per heavy atom. The van der Waals surface area contributed by atoms with Crippen molar-refractivity contribution < 1.29 is 43.3 Å². The number of alkyl carbamates (subject to hydrolysis) is 2. The normalized spacial score (nSPS) is 20.9. The Kier molecular flexibility index (Phi) is 22.0. The van der Waals surface area contributed by atoms with Crippen molar-refractivity contribution in [2.24, 2.45) is 52.3 Å². The quantitative estimate of drug-likeness (QED) is 0.0742. The van der Waals surface area contributed by atoms with E-state index in [2.05, 4.69) is 106 Å². The first-order valence-electron chi connectivity index (χ1n) is 28.2. The number of rotatable bonds is 6. The van der Waals surface area contributed by atoms with Crippen LogP contribution in [-0.2, 0) is 54.3 Å². The van der Waals surface area contributed by atoms with Crippen LogP contribution in [0.1, 0.15) is 136 Å². The average Bonchev–Trinajstić information content (AvgIpc) is 1.67. The van der Waals surface area contributed by atoms with Crippen molar-refractivity contribution in [1.29, 1.82) is 0 Å². The number of carbonyl (C=O) groups is 6. The highest BCUT2D eigenvalue weighted by molar-refractivity contribution is 9.11. The fourth-order valence-corrected chi connectivity index (χ4v) is 13.5. The van der Waals surface area contributed by atoms with Gasteiger partial charge in [0.1, 0.15) is 11.2 Å². The molecule has 12 rings (SSSR count). The smallest absolute Gasteiger partial charge is 0.408 e. The molecule has 0 fully saturated rings. The topological polar surface area (TPSA) is 358 Å². The number of amides is 5. The summed E-state index contributed by atoms with van der Waals surface area (Å²) in [6, 6.07) is 22.8. The highest BCUT2D eigenvalue weighted by Crippen LogP contribution is 2.42. The Balaban J connectivity index is 0.000000168. The van der Waals surface area contributed by atoms with Gasteiger partial charge in [-0.3, -0.25) is 19.2 Å². The number of aromatic nitrogens is 4. The number of H-pyrrole nitrogens is 4. The van der Waals surface area contributed by atoms with E-state index >= 15 is 0 Å². The van der Waals surface area contributed by atoms with Crippen molar-refractivity contribution in [2.75, 3.05) is 0 Å². The number of fused-ring (bicyclic) bond motifs is 12. The first-order valence-corrected chi connectivity index (χ1v) is 31.4. The summed E-state index contributed by atoms with van der Waals surface area (Å²) in [6.45, 7) is 10.8.